The van der Waals surface area contributed by atoms with Crippen LogP contribution in [0.3, 0.4) is 0 Å². The second kappa shape index (κ2) is 19.6. The third kappa shape index (κ3) is 24.7. The number of amides is 2. The molecule has 12 heteroatoms. The van der Waals surface area contributed by atoms with Crippen molar-refractivity contribution >= 4 is 21.8 Å². The first-order valence-electron chi connectivity index (χ1n) is 10.1. The molecule has 0 atom stereocenters. The molecular formula is C18H37N3O8S. The Hall–Kier alpha value is -1.31. The highest BCUT2D eigenvalue weighted by molar-refractivity contribution is 7.88. The van der Waals surface area contributed by atoms with Crippen molar-refractivity contribution in [1.82, 2.24) is 15.4 Å². The molecule has 0 rings (SSSR count). The highest BCUT2D eigenvalue weighted by Crippen LogP contribution is 1.88. The average Bonchev–Trinajstić information content (AvgIpc) is 2.66. The fourth-order valence-electron chi connectivity index (χ4n) is 2.06. The Morgan fingerprint density at radius 2 is 1.17 bits per heavy atom. The molecule has 0 aromatic carbocycles. The Labute approximate surface area is 179 Å². The van der Waals surface area contributed by atoms with E-state index in [-0.39, 0.29) is 18.4 Å². The van der Waals surface area contributed by atoms with E-state index in [1.165, 1.54) is 6.92 Å². The zero-order chi connectivity index (χ0) is 22.5. The maximum Gasteiger partial charge on any atom is 0.222 e. The maximum atomic E-state index is 11.6. The zero-order valence-electron chi connectivity index (χ0n) is 18.1. The van der Waals surface area contributed by atoms with Crippen LogP contribution in [0.1, 0.15) is 26.2 Å². The van der Waals surface area contributed by atoms with Gasteiger partial charge in [0.2, 0.25) is 21.8 Å². The van der Waals surface area contributed by atoms with E-state index in [0.717, 1.165) is 19.1 Å². The molecule has 0 aromatic heterocycles. The zero-order valence-corrected chi connectivity index (χ0v) is 18.9. The van der Waals surface area contributed by atoms with Crippen LogP contribution in [0, 0.1) is 0 Å². The lowest BCUT2D eigenvalue weighted by Gasteiger charge is -2.08. The van der Waals surface area contributed by atoms with Crippen LogP contribution >= 0.6 is 0 Å². The highest BCUT2D eigenvalue weighted by Gasteiger charge is 2.01. The van der Waals surface area contributed by atoms with Gasteiger partial charge in [-0.3, -0.25) is 9.59 Å². The molecule has 0 spiro atoms. The van der Waals surface area contributed by atoms with Gasteiger partial charge < -0.3 is 29.6 Å². The number of unbranched alkanes of at least 4 members (excludes halogenated alkanes) is 1. The summed E-state index contributed by atoms with van der Waals surface area (Å²) in [6.07, 6.45) is 3.04. The molecule has 0 aliphatic carbocycles. The molecule has 0 bridgehead atoms. The maximum absolute atomic E-state index is 11.6. The van der Waals surface area contributed by atoms with Crippen LogP contribution in [0.4, 0.5) is 0 Å². The van der Waals surface area contributed by atoms with Gasteiger partial charge in [0, 0.05) is 33.0 Å². The third-order valence-corrected chi connectivity index (χ3v) is 4.23. The van der Waals surface area contributed by atoms with Gasteiger partial charge in [0.05, 0.1) is 59.1 Å². The number of carbonyl (C=O) groups excluding carboxylic acids is 2. The van der Waals surface area contributed by atoms with Crippen LogP contribution in [0.15, 0.2) is 0 Å². The van der Waals surface area contributed by atoms with Crippen molar-refractivity contribution in [2.45, 2.75) is 26.2 Å². The number of rotatable bonds is 21. The second-order valence-electron chi connectivity index (χ2n) is 6.41. The first-order valence-corrected chi connectivity index (χ1v) is 12.0. The molecule has 11 nitrogen and oxygen atoms in total. The topological polar surface area (TPSA) is 141 Å². The molecule has 0 aliphatic rings. The monoisotopic (exact) mass is 455 g/mol. The number of hydrogen-bond acceptors (Lipinski definition) is 8. The molecule has 2 amide bonds. The number of ether oxygens (including phenoxy) is 4. The number of hydrogen-bond donors (Lipinski definition) is 3. The minimum Gasteiger partial charge on any atom is -0.379 e. The number of nitrogens with one attached hydrogen (secondary N) is 3. The molecule has 0 saturated carbocycles. The molecule has 0 radical (unpaired) electrons. The van der Waals surface area contributed by atoms with Gasteiger partial charge in [0.1, 0.15) is 0 Å². The van der Waals surface area contributed by atoms with Gasteiger partial charge in [-0.1, -0.05) is 0 Å². The van der Waals surface area contributed by atoms with Gasteiger partial charge in [0.25, 0.3) is 0 Å². The fraction of sp³-hybridized carbons (Fsp3) is 0.889. The Morgan fingerprint density at radius 3 is 1.67 bits per heavy atom. The second-order valence-corrected chi connectivity index (χ2v) is 8.24. The fourth-order valence-corrected chi connectivity index (χ4v) is 2.51. The minimum atomic E-state index is -3.17. The lowest BCUT2D eigenvalue weighted by molar-refractivity contribution is -0.122. The van der Waals surface area contributed by atoms with Gasteiger partial charge in [-0.2, -0.15) is 0 Å². The molecule has 0 fully saturated rings. The van der Waals surface area contributed by atoms with Crippen molar-refractivity contribution in [2.75, 3.05) is 78.7 Å². The van der Waals surface area contributed by atoms with Crippen molar-refractivity contribution in [3.05, 3.63) is 0 Å². The van der Waals surface area contributed by atoms with Crippen LogP contribution in [0.2, 0.25) is 0 Å². The summed E-state index contributed by atoms with van der Waals surface area (Å²) in [5, 5.41) is 5.51. The average molecular weight is 456 g/mol. The van der Waals surface area contributed by atoms with Gasteiger partial charge in [0.15, 0.2) is 0 Å². The van der Waals surface area contributed by atoms with Crippen molar-refractivity contribution in [3.8, 4) is 0 Å². The Morgan fingerprint density at radius 1 is 0.700 bits per heavy atom. The van der Waals surface area contributed by atoms with Gasteiger partial charge >= 0.3 is 0 Å². The molecule has 0 saturated heterocycles. The Kier molecular flexibility index (Phi) is 18.8. The van der Waals surface area contributed by atoms with Crippen molar-refractivity contribution in [3.63, 3.8) is 0 Å². The van der Waals surface area contributed by atoms with Gasteiger partial charge in [-0.05, 0) is 12.8 Å². The summed E-state index contributed by atoms with van der Waals surface area (Å²) < 4.78 is 45.2. The lowest BCUT2D eigenvalue weighted by Crippen LogP contribution is -2.27. The van der Waals surface area contributed by atoms with E-state index in [2.05, 4.69) is 15.4 Å². The van der Waals surface area contributed by atoms with E-state index in [9.17, 15) is 18.0 Å². The summed E-state index contributed by atoms with van der Waals surface area (Å²) in [5.41, 5.74) is 0. The number of carbonyl (C=O) groups is 2. The summed E-state index contributed by atoms with van der Waals surface area (Å²) in [5.74, 6) is -0.103. The smallest absolute Gasteiger partial charge is 0.222 e. The van der Waals surface area contributed by atoms with E-state index in [1.807, 2.05) is 0 Å². The molecule has 178 valence electrons. The Bertz CT molecular complexity index is 546. The standard InChI is InChI=1S/C18H37N3O8S/c1-17(22)19-6-3-4-7-20-18(23)5-9-26-11-13-28-15-16-29-14-12-27-10-8-21-30(2,24)25/h21H,3-16H2,1-2H3,(H,19,22)(H,20,23). The molecule has 0 aliphatic heterocycles. The van der Waals surface area contributed by atoms with Crippen LogP contribution in [-0.4, -0.2) is 99.0 Å². The first-order chi connectivity index (χ1) is 14.3. The first kappa shape index (κ1) is 28.7. The SMILES string of the molecule is CC(=O)NCCCCNC(=O)CCOCCOCCOCCOCCNS(C)(=O)=O. The molecule has 30 heavy (non-hydrogen) atoms. The van der Waals surface area contributed by atoms with Gasteiger partial charge in [-0.25, -0.2) is 13.1 Å². The number of sulfonamides is 1. The lowest BCUT2D eigenvalue weighted by atomic mass is 10.3. The molecule has 0 heterocycles. The summed E-state index contributed by atoms with van der Waals surface area (Å²) in [7, 11) is -3.17. The van der Waals surface area contributed by atoms with Crippen LogP contribution in [0.25, 0.3) is 0 Å². The van der Waals surface area contributed by atoms with E-state index < -0.39 is 10.0 Å². The predicted octanol–water partition coefficient (Wildman–Crippen LogP) is -0.975. The summed E-state index contributed by atoms with van der Waals surface area (Å²) >= 11 is 0. The van der Waals surface area contributed by atoms with Crippen LogP contribution in [-0.2, 0) is 38.6 Å². The van der Waals surface area contributed by atoms with Crippen molar-refractivity contribution < 1.29 is 37.0 Å². The van der Waals surface area contributed by atoms with Crippen molar-refractivity contribution in [2.24, 2.45) is 0 Å². The van der Waals surface area contributed by atoms with Crippen LogP contribution < -0.4 is 15.4 Å². The van der Waals surface area contributed by atoms with Crippen LogP contribution in [0.5, 0.6) is 0 Å². The normalized spacial score (nSPS) is 11.4. The van der Waals surface area contributed by atoms with E-state index in [1.54, 1.807) is 0 Å². The van der Waals surface area contributed by atoms with Gasteiger partial charge in [-0.15, -0.1) is 0 Å². The summed E-state index contributed by atoms with van der Waals surface area (Å²) in [6, 6.07) is 0. The van der Waals surface area contributed by atoms with E-state index in [4.69, 9.17) is 18.9 Å². The van der Waals surface area contributed by atoms with E-state index in [0.29, 0.717) is 72.4 Å². The summed E-state index contributed by atoms with van der Waals surface area (Å²) in [4.78, 5) is 22.3. The third-order valence-electron chi connectivity index (χ3n) is 3.50. The van der Waals surface area contributed by atoms with E-state index >= 15 is 0 Å². The highest BCUT2D eigenvalue weighted by atomic mass is 32.2. The molecular weight excluding hydrogens is 418 g/mol. The largest absolute Gasteiger partial charge is 0.379 e. The molecule has 3 N–H and O–H groups in total. The molecule has 0 unspecified atom stereocenters. The Balaban J connectivity index is 3.20. The minimum absolute atomic E-state index is 0.0453. The quantitative estimate of drug-likeness (QED) is 0.188. The summed E-state index contributed by atoms with van der Waals surface area (Å²) in [6.45, 7) is 6.02. The van der Waals surface area contributed by atoms with Crippen molar-refractivity contribution in [1.29, 1.82) is 0 Å². The predicted molar refractivity (Wildman–Crippen MR) is 112 cm³/mol. The molecule has 0 aromatic rings.